The predicted molar refractivity (Wildman–Crippen MR) is 73.0 cm³/mol. The molecule has 2 atom stereocenters. The van der Waals surface area contributed by atoms with Crippen molar-refractivity contribution in [1.82, 2.24) is 5.32 Å². The van der Waals surface area contributed by atoms with Gasteiger partial charge in [-0.25, -0.2) is 0 Å². The summed E-state index contributed by atoms with van der Waals surface area (Å²) in [5, 5.41) is 4.91. The molecule has 1 aliphatic carbocycles. The van der Waals surface area contributed by atoms with Gasteiger partial charge in [0.25, 0.3) is 0 Å². The highest BCUT2D eigenvalue weighted by Crippen LogP contribution is 2.46. The predicted octanol–water partition coefficient (Wildman–Crippen LogP) is 4.02. The molecule has 0 unspecified atom stereocenters. The molecule has 1 saturated heterocycles. The van der Waals surface area contributed by atoms with Gasteiger partial charge in [-0.1, -0.05) is 42.1 Å². The van der Waals surface area contributed by atoms with Crippen molar-refractivity contribution in [1.29, 1.82) is 0 Å². The lowest BCUT2D eigenvalue weighted by Gasteiger charge is -2.39. The van der Waals surface area contributed by atoms with Crippen LogP contribution in [0.3, 0.4) is 0 Å². The van der Waals surface area contributed by atoms with E-state index in [1.165, 1.54) is 31.2 Å². The normalized spacial score (nSPS) is 32.5. The maximum atomic E-state index is 6.17. The fraction of sp³-hybridized carbons (Fsp3) is 0.571. The van der Waals surface area contributed by atoms with E-state index in [-0.39, 0.29) is 0 Å². The van der Waals surface area contributed by atoms with Gasteiger partial charge in [0, 0.05) is 12.0 Å². The smallest absolute Gasteiger partial charge is 0.0595 e. The standard InChI is InChI=1S/C14H17Cl2N/c15-12-5-4-10(7-13(12)16)14-6-2-1-3-11(14)8-17-9-14/h4-5,7,11,17H,1-3,6,8-9H2/t11-,14+/m1/s1. The second-order valence-electron chi connectivity index (χ2n) is 5.36. The van der Waals surface area contributed by atoms with Gasteiger partial charge in [0.2, 0.25) is 0 Å². The van der Waals surface area contributed by atoms with Gasteiger partial charge in [-0.2, -0.15) is 0 Å². The van der Waals surface area contributed by atoms with Crippen LogP contribution in [-0.4, -0.2) is 13.1 Å². The molecule has 1 aromatic carbocycles. The van der Waals surface area contributed by atoms with Crippen molar-refractivity contribution < 1.29 is 0 Å². The second kappa shape index (κ2) is 4.46. The van der Waals surface area contributed by atoms with Gasteiger partial charge in [-0.15, -0.1) is 0 Å². The molecule has 1 saturated carbocycles. The molecule has 1 heterocycles. The monoisotopic (exact) mass is 269 g/mol. The number of benzene rings is 1. The summed E-state index contributed by atoms with van der Waals surface area (Å²) in [7, 11) is 0. The Kier molecular flexibility index (Phi) is 3.10. The molecule has 1 aliphatic heterocycles. The summed E-state index contributed by atoms with van der Waals surface area (Å²) in [5.41, 5.74) is 1.69. The van der Waals surface area contributed by atoms with Crippen LogP contribution in [0.5, 0.6) is 0 Å². The molecule has 2 fully saturated rings. The SMILES string of the molecule is Clc1ccc([C@@]23CCCC[C@@H]2CNC3)cc1Cl. The molecule has 0 amide bonds. The summed E-state index contributed by atoms with van der Waals surface area (Å²) < 4.78 is 0. The Labute approximate surface area is 112 Å². The molecule has 17 heavy (non-hydrogen) atoms. The number of halogens is 2. The zero-order valence-corrected chi connectivity index (χ0v) is 11.3. The van der Waals surface area contributed by atoms with Crippen molar-refractivity contribution in [2.45, 2.75) is 31.1 Å². The van der Waals surface area contributed by atoms with Crippen molar-refractivity contribution in [2.24, 2.45) is 5.92 Å². The second-order valence-corrected chi connectivity index (χ2v) is 6.17. The van der Waals surface area contributed by atoms with Crippen molar-refractivity contribution in [3.63, 3.8) is 0 Å². The first-order chi connectivity index (χ1) is 8.22. The van der Waals surface area contributed by atoms with E-state index < -0.39 is 0 Å². The number of fused-ring (bicyclic) bond motifs is 1. The van der Waals surface area contributed by atoms with Crippen LogP contribution in [0.4, 0.5) is 0 Å². The number of hydrogen-bond donors (Lipinski definition) is 1. The quantitative estimate of drug-likeness (QED) is 0.812. The minimum atomic E-state index is 0.312. The van der Waals surface area contributed by atoms with Gasteiger partial charge < -0.3 is 5.32 Å². The van der Waals surface area contributed by atoms with Crippen LogP contribution in [-0.2, 0) is 5.41 Å². The fourth-order valence-corrected chi connectivity index (χ4v) is 3.90. The Morgan fingerprint density at radius 3 is 2.88 bits per heavy atom. The minimum Gasteiger partial charge on any atom is -0.316 e. The molecule has 0 spiro atoms. The summed E-state index contributed by atoms with van der Waals surface area (Å²) in [6.07, 6.45) is 5.32. The molecule has 1 aromatic rings. The summed E-state index contributed by atoms with van der Waals surface area (Å²) in [6, 6.07) is 6.19. The molecule has 0 aromatic heterocycles. The van der Waals surface area contributed by atoms with Crippen LogP contribution in [0.25, 0.3) is 0 Å². The highest BCUT2D eigenvalue weighted by atomic mass is 35.5. The molecule has 1 N–H and O–H groups in total. The Balaban J connectivity index is 2.02. The Morgan fingerprint density at radius 1 is 1.18 bits per heavy atom. The highest BCUT2D eigenvalue weighted by Gasteiger charge is 2.45. The van der Waals surface area contributed by atoms with Gasteiger partial charge in [-0.3, -0.25) is 0 Å². The zero-order chi connectivity index (χ0) is 11.9. The summed E-state index contributed by atoms with van der Waals surface area (Å²) in [5.74, 6) is 0.772. The van der Waals surface area contributed by atoms with Crippen LogP contribution in [0.15, 0.2) is 18.2 Å². The lowest BCUT2D eigenvalue weighted by atomic mass is 9.64. The van der Waals surface area contributed by atoms with Gasteiger partial charge in [0.05, 0.1) is 10.0 Å². The first kappa shape index (κ1) is 11.8. The first-order valence-electron chi connectivity index (χ1n) is 6.39. The van der Waals surface area contributed by atoms with Crippen molar-refractivity contribution >= 4 is 23.2 Å². The number of hydrogen-bond acceptors (Lipinski definition) is 1. The van der Waals surface area contributed by atoms with E-state index in [1.54, 1.807) is 0 Å². The molecule has 0 radical (unpaired) electrons. The van der Waals surface area contributed by atoms with Crippen LogP contribution in [0, 0.1) is 5.92 Å². The van der Waals surface area contributed by atoms with E-state index in [4.69, 9.17) is 23.2 Å². The molecular formula is C14H17Cl2N. The third kappa shape index (κ3) is 1.89. The lowest BCUT2D eigenvalue weighted by molar-refractivity contribution is 0.243. The summed E-state index contributed by atoms with van der Waals surface area (Å²) in [4.78, 5) is 0. The number of nitrogens with one attached hydrogen (secondary N) is 1. The topological polar surface area (TPSA) is 12.0 Å². The average molecular weight is 270 g/mol. The summed E-state index contributed by atoms with van der Waals surface area (Å²) >= 11 is 12.2. The summed E-state index contributed by atoms with van der Waals surface area (Å²) in [6.45, 7) is 2.25. The molecule has 2 aliphatic rings. The Bertz CT molecular complexity index is 432. The molecule has 3 rings (SSSR count). The highest BCUT2D eigenvalue weighted by molar-refractivity contribution is 6.42. The van der Waals surface area contributed by atoms with Crippen LogP contribution >= 0.6 is 23.2 Å². The largest absolute Gasteiger partial charge is 0.316 e. The van der Waals surface area contributed by atoms with Crippen LogP contribution in [0.1, 0.15) is 31.2 Å². The van der Waals surface area contributed by atoms with E-state index in [0.717, 1.165) is 19.0 Å². The van der Waals surface area contributed by atoms with E-state index >= 15 is 0 Å². The molecule has 1 nitrogen and oxygen atoms in total. The van der Waals surface area contributed by atoms with Gasteiger partial charge in [0.1, 0.15) is 0 Å². The molecular weight excluding hydrogens is 253 g/mol. The Hall–Kier alpha value is -0.240. The van der Waals surface area contributed by atoms with Crippen molar-refractivity contribution in [3.05, 3.63) is 33.8 Å². The van der Waals surface area contributed by atoms with Gasteiger partial charge in [0.15, 0.2) is 0 Å². The van der Waals surface area contributed by atoms with E-state index in [2.05, 4.69) is 17.4 Å². The van der Waals surface area contributed by atoms with Crippen molar-refractivity contribution in [3.8, 4) is 0 Å². The maximum Gasteiger partial charge on any atom is 0.0595 e. The van der Waals surface area contributed by atoms with Gasteiger partial charge in [-0.05, 0) is 43.0 Å². The van der Waals surface area contributed by atoms with E-state index in [9.17, 15) is 0 Å². The minimum absolute atomic E-state index is 0.312. The van der Waals surface area contributed by atoms with Gasteiger partial charge >= 0.3 is 0 Å². The van der Waals surface area contributed by atoms with Crippen LogP contribution < -0.4 is 5.32 Å². The average Bonchev–Trinajstić information content (AvgIpc) is 2.77. The zero-order valence-electron chi connectivity index (χ0n) is 9.81. The number of rotatable bonds is 1. The fourth-order valence-electron chi connectivity index (χ4n) is 3.60. The molecule has 0 bridgehead atoms. The maximum absolute atomic E-state index is 6.17. The molecule has 3 heteroatoms. The van der Waals surface area contributed by atoms with E-state index in [0.29, 0.717) is 15.5 Å². The van der Waals surface area contributed by atoms with E-state index in [1.807, 2.05) is 6.07 Å². The van der Waals surface area contributed by atoms with Crippen molar-refractivity contribution in [2.75, 3.05) is 13.1 Å². The molecule has 92 valence electrons. The third-order valence-electron chi connectivity index (χ3n) is 4.53. The lowest BCUT2D eigenvalue weighted by Crippen LogP contribution is -2.37. The Morgan fingerprint density at radius 2 is 2.06 bits per heavy atom. The van der Waals surface area contributed by atoms with Crippen LogP contribution in [0.2, 0.25) is 10.0 Å². The first-order valence-corrected chi connectivity index (χ1v) is 7.14. The third-order valence-corrected chi connectivity index (χ3v) is 5.27.